The number of rotatable bonds is 5. The average molecular weight is 595 g/mol. The Labute approximate surface area is 257 Å². The first-order valence-electron chi connectivity index (χ1n) is 14.3. The summed E-state index contributed by atoms with van der Waals surface area (Å²) < 4.78 is 18.6. The second-order valence-electron chi connectivity index (χ2n) is 11.0. The van der Waals surface area contributed by atoms with Gasteiger partial charge in [-0.05, 0) is 91.3 Å². The van der Waals surface area contributed by atoms with E-state index in [4.69, 9.17) is 0 Å². The number of para-hydroxylation sites is 1. The molecule has 0 fully saturated rings. The van der Waals surface area contributed by atoms with E-state index >= 15 is 0 Å². The molecule has 0 radical (unpaired) electrons. The lowest BCUT2D eigenvalue weighted by atomic mass is 10.1. The monoisotopic (exact) mass is 594 g/mol. The number of halogens is 1. The van der Waals surface area contributed by atoms with E-state index < -0.39 is 0 Å². The van der Waals surface area contributed by atoms with Crippen LogP contribution in [-0.2, 0) is 0 Å². The molecule has 0 atom stereocenters. The van der Waals surface area contributed by atoms with Gasteiger partial charge in [0, 0.05) is 75.8 Å². The van der Waals surface area contributed by atoms with Crippen molar-refractivity contribution in [1.82, 2.24) is 0 Å². The van der Waals surface area contributed by atoms with Crippen molar-refractivity contribution in [3.63, 3.8) is 0 Å². The third-order valence-corrected chi connectivity index (χ3v) is 10.4. The second kappa shape index (κ2) is 10.2. The number of hydrogen-bond donors (Lipinski definition) is 0. The first-order valence-corrected chi connectivity index (χ1v) is 15.9. The van der Waals surface area contributed by atoms with E-state index in [1.807, 2.05) is 41.9 Å². The molecular formula is C38H27FN2S2. The summed E-state index contributed by atoms with van der Waals surface area (Å²) in [5.41, 5.74) is 6.71. The summed E-state index contributed by atoms with van der Waals surface area (Å²) in [7, 11) is 2.02. The lowest BCUT2D eigenvalue weighted by molar-refractivity contribution is 0.628. The van der Waals surface area contributed by atoms with Gasteiger partial charge in [0.05, 0.1) is 0 Å². The number of aryl methyl sites for hydroxylation is 1. The van der Waals surface area contributed by atoms with Crippen molar-refractivity contribution < 1.29 is 4.39 Å². The zero-order chi connectivity index (χ0) is 29.1. The molecule has 2 aromatic heterocycles. The van der Waals surface area contributed by atoms with Gasteiger partial charge in [-0.1, -0.05) is 48.5 Å². The molecule has 0 unspecified atom stereocenters. The van der Waals surface area contributed by atoms with Crippen LogP contribution in [0, 0.1) is 12.7 Å². The summed E-state index contributed by atoms with van der Waals surface area (Å²) in [5, 5.41) is 5.12. The molecule has 0 saturated carbocycles. The minimum absolute atomic E-state index is 0.226. The van der Waals surface area contributed by atoms with E-state index in [-0.39, 0.29) is 5.82 Å². The largest absolute Gasteiger partial charge is 0.345 e. The van der Waals surface area contributed by atoms with Crippen LogP contribution in [0.1, 0.15) is 5.56 Å². The van der Waals surface area contributed by atoms with Crippen LogP contribution in [0.15, 0.2) is 127 Å². The van der Waals surface area contributed by atoms with E-state index in [9.17, 15) is 4.39 Å². The van der Waals surface area contributed by atoms with Crippen molar-refractivity contribution in [3.8, 4) is 0 Å². The van der Waals surface area contributed by atoms with Gasteiger partial charge in [-0.2, -0.15) is 0 Å². The SMILES string of the molecule is Cc1ccc2c(c1)sc1cc(N(c3ccccc3)c3ccc4c(c3)sc3cc(N(C)c5ccc(F)cc5)ccc34)ccc12. The first kappa shape index (κ1) is 26.0. The van der Waals surface area contributed by atoms with Gasteiger partial charge in [0.25, 0.3) is 0 Å². The summed E-state index contributed by atoms with van der Waals surface area (Å²) in [4.78, 5) is 4.45. The Morgan fingerprint density at radius 1 is 0.465 bits per heavy atom. The van der Waals surface area contributed by atoms with E-state index in [0.29, 0.717) is 0 Å². The van der Waals surface area contributed by atoms with Crippen LogP contribution < -0.4 is 9.80 Å². The molecule has 0 spiro atoms. The highest BCUT2D eigenvalue weighted by atomic mass is 32.1. The number of nitrogens with zero attached hydrogens (tertiary/aromatic N) is 2. The molecule has 8 rings (SSSR count). The topological polar surface area (TPSA) is 6.48 Å². The molecule has 5 heteroatoms. The zero-order valence-electron chi connectivity index (χ0n) is 23.7. The summed E-state index contributed by atoms with van der Waals surface area (Å²) in [6.45, 7) is 2.15. The fourth-order valence-electron chi connectivity index (χ4n) is 5.95. The van der Waals surface area contributed by atoms with Gasteiger partial charge in [0.1, 0.15) is 5.82 Å². The summed E-state index contributed by atoms with van der Waals surface area (Å²) in [6.07, 6.45) is 0. The minimum atomic E-state index is -0.226. The molecule has 2 nitrogen and oxygen atoms in total. The van der Waals surface area contributed by atoms with E-state index in [0.717, 1.165) is 28.4 Å². The normalized spacial score (nSPS) is 11.6. The fraction of sp³-hybridized carbons (Fsp3) is 0.0526. The van der Waals surface area contributed by atoms with E-state index in [2.05, 4.69) is 120 Å². The third-order valence-electron chi connectivity index (χ3n) is 8.18. The van der Waals surface area contributed by atoms with E-state index in [1.165, 1.54) is 58.0 Å². The molecule has 2 heterocycles. The molecule has 0 aliphatic carbocycles. The van der Waals surface area contributed by atoms with Gasteiger partial charge in [-0.15, -0.1) is 22.7 Å². The average Bonchev–Trinajstić information content (AvgIpc) is 3.58. The Hall–Kier alpha value is -4.71. The molecule has 0 aliphatic heterocycles. The lowest BCUT2D eigenvalue weighted by Crippen LogP contribution is -2.09. The molecule has 0 bridgehead atoms. The smallest absolute Gasteiger partial charge is 0.123 e. The molecule has 0 saturated heterocycles. The highest BCUT2D eigenvalue weighted by molar-refractivity contribution is 7.26. The fourth-order valence-corrected chi connectivity index (χ4v) is 8.36. The van der Waals surface area contributed by atoms with Crippen molar-refractivity contribution >= 4 is 91.5 Å². The summed E-state index contributed by atoms with van der Waals surface area (Å²) in [5.74, 6) is -0.226. The van der Waals surface area contributed by atoms with Crippen LogP contribution in [0.5, 0.6) is 0 Å². The standard InChI is InChI=1S/C38H27FN2S2/c1-24-8-16-31-33-18-14-29(22-37(33)42-35(31)20-24)41(27-6-4-3-5-7-27)30-15-19-34-32-17-13-28(21-36(32)43-38(34)23-30)40(2)26-11-9-25(39)10-12-26/h3-23H,1-2H3. The quantitative estimate of drug-likeness (QED) is 0.196. The number of thiophene rings is 2. The summed E-state index contributed by atoms with van der Waals surface area (Å²) in [6, 6.07) is 44.2. The van der Waals surface area contributed by atoms with Gasteiger partial charge in [-0.25, -0.2) is 4.39 Å². The van der Waals surface area contributed by atoms with E-state index in [1.54, 1.807) is 0 Å². The van der Waals surface area contributed by atoms with Crippen molar-refractivity contribution in [1.29, 1.82) is 0 Å². The van der Waals surface area contributed by atoms with Crippen molar-refractivity contribution in [3.05, 3.63) is 139 Å². The molecule has 8 aromatic rings. The van der Waals surface area contributed by atoms with Gasteiger partial charge in [0.15, 0.2) is 0 Å². The predicted octanol–water partition coefficient (Wildman–Crippen LogP) is 12.1. The van der Waals surface area contributed by atoms with Gasteiger partial charge < -0.3 is 9.80 Å². The van der Waals surface area contributed by atoms with Crippen molar-refractivity contribution in [2.24, 2.45) is 0 Å². The van der Waals surface area contributed by atoms with Crippen LogP contribution in [0.2, 0.25) is 0 Å². The predicted molar refractivity (Wildman–Crippen MR) is 186 cm³/mol. The van der Waals surface area contributed by atoms with Gasteiger partial charge in [-0.3, -0.25) is 0 Å². The Bertz CT molecular complexity index is 2280. The molecule has 43 heavy (non-hydrogen) atoms. The summed E-state index contributed by atoms with van der Waals surface area (Å²) >= 11 is 3.67. The highest BCUT2D eigenvalue weighted by Gasteiger charge is 2.17. The van der Waals surface area contributed by atoms with Crippen LogP contribution in [0.25, 0.3) is 40.3 Å². The Morgan fingerprint density at radius 3 is 1.51 bits per heavy atom. The number of anilines is 5. The lowest BCUT2D eigenvalue weighted by Gasteiger charge is -2.25. The molecule has 0 amide bonds. The number of benzene rings is 6. The third kappa shape index (κ3) is 4.53. The van der Waals surface area contributed by atoms with Crippen molar-refractivity contribution in [2.45, 2.75) is 6.92 Å². The zero-order valence-corrected chi connectivity index (χ0v) is 25.3. The Balaban J connectivity index is 1.23. The number of fused-ring (bicyclic) bond motifs is 6. The van der Waals surface area contributed by atoms with Crippen molar-refractivity contribution in [2.75, 3.05) is 16.8 Å². The van der Waals surface area contributed by atoms with Crippen LogP contribution in [0.4, 0.5) is 32.8 Å². The maximum Gasteiger partial charge on any atom is 0.123 e. The Morgan fingerprint density at radius 2 is 0.930 bits per heavy atom. The maximum atomic E-state index is 13.5. The molecule has 6 aromatic carbocycles. The molecule has 0 aliphatic rings. The van der Waals surface area contributed by atoms with Crippen LogP contribution in [0.3, 0.4) is 0 Å². The van der Waals surface area contributed by atoms with Crippen LogP contribution in [-0.4, -0.2) is 7.05 Å². The van der Waals surface area contributed by atoms with Crippen LogP contribution >= 0.6 is 22.7 Å². The molecule has 208 valence electrons. The molecular weight excluding hydrogens is 568 g/mol. The van der Waals surface area contributed by atoms with Gasteiger partial charge in [0.2, 0.25) is 0 Å². The second-order valence-corrected chi connectivity index (χ2v) is 13.1. The maximum absolute atomic E-state index is 13.5. The Kier molecular flexibility index (Phi) is 6.17. The number of hydrogen-bond acceptors (Lipinski definition) is 4. The highest BCUT2D eigenvalue weighted by Crippen LogP contribution is 2.44. The first-order chi connectivity index (χ1) is 21.0. The minimum Gasteiger partial charge on any atom is -0.345 e. The molecule has 0 N–H and O–H groups in total. The van der Waals surface area contributed by atoms with Gasteiger partial charge >= 0.3 is 0 Å².